The third-order valence-electron chi connectivity index (χ3n) is 6.16. The van der Waals surface area contributed by atoms with Crippen molar-refractivity contribution in [2.45, 2.75) is 4.75 Å². The maximum atomic E-state index is 11.8. The molecule has 0 aliphatic heterocycles. The Labute approximate surface area is 203 Å². The van der Waals surface area contributed by atoms with Gasteiger partial charge in [0.1, 0.15) is 0 Å². The van der Waals surface area contributed by atoms with Crippen molar-refractivity contribution in [1.29, 1.82) is 0 Å². The Bertz CT molecular complexity index is 1410. The van der Waals surface area contributed by atoms with Crippen molar-refractivity contribution < 1.29 is 9.90 Å². The van der Waals surface area contributed by atoms with E-state index in [9.17, 15) is 9.90 Å². The fraction of sp³-hybridized carbons (Fsp3) is 0.0645. The average Bonchev–Trinajstić information content (AvgIpc) is 2.90. The van der Waals surface area contributed by atoms with E-state index in [2.05, 4.69) is 78.9 Å². The van der Waals surface area contributed by atoms with Gasteiger partial charge in [0.25, 0.3) is 0 Å². The van der Waals surface area contributed by atoms with Gasteiger partial charge >= 0.3 is 5.97 Å². The Balaban J connectivity index is 1.78. The summed E-state index contributed by atoms with van der Waals surface area (Å²) in [5.41, 5.74) is 5.50. The van der Waals surface area contributed by atoms with Crippen LogP contribution in [0.15, 0.2) is 127 Å². The number of carbonyl (C=O) groups is 1. The van der Waals surface area contributed by atoms with Gasteiger partial charge in [-0.05, 0) is 38.6 Å². The predicted octanol–water partition coefficient (Wildman–Crippen LogP) is 7.62. The van der Waals surface area contributed by atoms with Gasteiger partial charge in [0, 0.05) is 0 Å². The van der Waals surface area contributed by atoms with Crippen molar-refractivity contribution in [3.63, 3.8) is 0 Å². The minimum absolute atomic E-state index is 0.0153. The van der Waals surface area contributed by atoms with Crippen LogP contribution >= 0.6 is 11.8 Å². The van der Waals surface area contributed by atoms with E-state index < -0.39 is 10.7 Å². The molecule has 34 heavy (non-hydrogen) atoms. The van der Waals surface area contributed by atoms with Crippen LogP contribution in [0.1, 0.15) is 16.7 Å². The Morgan fingerprint density at radius 2 is 1.18 bits per heavy atom. The molecule has 1 N–H and O–H groups in total. The van der Waals surface area contributed by atoms with Crippen LogP contribution in [0.5, 0.6) is 0 Å². The minimum Gasteiger partial charge on any atom is -0.481 e. The fourth-order valence-electron chi connectivity index (χ4n) is 4.63. The molecule has 0 fully saturated rings. The largest absolute Gasteiger partial charge is 0.481 e. The summed E-state index contributed by atoms with van der Waals surface area (Å²) in [5.74, 6) is -0.843. The summed E-state index contributed by atoms with van der Waals surface area (Å²) in [6, 6.07) is 43.7. The number of thioether (sulfide) groups is 1. The van der Waals surface area contributed by atoms with Crippen LogP contribution < -0.4 is 0 Å². The molecule has 0 aromatic heterocycles. The normalized spacial score (nSPS) is 12.8. The molecule has 0 heterocycles. The van der Waals surface area contributed by atoms with Crippen molar-refractivity contribution in [3.8, 4) is 11.1 Å². The second kappa shape index (κ2) is 9.58. The van der Waals surface area contributed by atoms with Crippen molar-refractivity contribution in [1.82, 2.24) is 0 Å². The number of fused-ring (bicyclic) bond motifs is 1. The third-order valence-corrected chi connectivity index (χ3v) is 7.68. The van der Waals surface area contributed by atoms with E-state index in [0.29, 0.717) is 0 Å². The second-order valence-electron chi connectivity index (χ2n) is 8.20. The number of hydrogen-bond acceptors (Lipinski definition) is 2. The first-order valence-electron chi connectivity index (χ1n) is 11.2. The van der Waals surface area contributed by atoms with Crippen LogP contribution in [0.4, 0.5) is 0 Å². The van der Waals surface area contributed by atoms with E-state index in [0.717, 1.165) is 38.6 Å². The SMILES string of the molecule is O=C(O)CS[C@](c1ccccc1)(c1ccc(-c2ccccc2)cc1)c1cccc2ccccc12. The number of rotatable bonds is 7. The van der Waals surface area contributed by atoms with Crippen LogP contribution in [-0.4, -0.2) is 16.8 Å². The molecule has 0 bridgehead atoms. The van der Waals surface area contributed by atoms with Crippen LogP contribution in [0.25, 0.3) is 21.9 Å². The molecule has 5 aromatic carbocycles. The predicted molar refractivity (Wildman–Crippen MR) is 142 cm³/mol. The Hall–Kier alpha value is -3.82. The second-order valence-corrected chi connectivity index (χ2v) is 9.39. The summed E-state index contributed by atoms with van der Waals surface area (Å²) in [6.07, 6.45) is 0. The summed E-state index contributed by atoms with van der Waals surface area (Å²) in [7, 11) is 0. The first kappa shape index (κ1) is 22.0. The van der Waals surface area contributed by atoms with E-state index in [1.165, 1.54) is 11.8 Å². The molecule has 0 spiro atoms. The van der Waals surface area contributed by atoms with Gasteiger partial charge in [-0.15, -0.1) is 11.8 Å². The highest BCUT2D eigenvalue weighted by molar-refractivity contribution is 8.01. The molecule has 0 saturated heterocycles. The Morgan fingerprint density at radius 1 is 0.618 bits per heavy atom. The molecule has 3 heteroatoms. The fourth-order valence-corrected chi connectivity index (χ4v) is 5.90. The smallest absolute Gasteiger partial charge is 0.313 e. The molecule has 5 rings (SSSR count). The molecule has 0 saturated carbocycles. The first-order chi connectivity index (χ1) is 16.7. The first-order valence-corrected chi connectivity index (χ1v) is 12.2. The summed E-state index contributed by atoms with van der Waals surface area (Å²) in [4.78, 5) is 11.8. The zero-order valence-electron chi connectivity index (χ0n) is 18.6. The zero-order chi connectivity index (χ0) is 23.4. The lowest BCUT2D eigenvalue weighted by Crippen LogP contribution is -2.27. The monoisotopic (exact) mass is 460 g/mol. The van der Waals surface area contributed by atoms with E-state index in [4.69, 9.17) is 0 Å². The molecule has 0 aliphatic carbocycles. The number of benzene rings is 5. The molecule has 0 aliphatic rings. The van der Waals surface area contributed by atoms with Crippen molar-refractivity contribution in [2.75, 3.05) is 5.75 Å². The highest BCUT2D eigenvalue weighted by Crippen LogP contribution is 2.50. The average molecular weight is 461 g/mol. The van der Waals surface area contributed by atoms with Gasteiger partial charge in [0.2, 0.25) is 0 Å². The zero-order valence-corrected chi connectivity index (χ0v) is 19.4. The summed E-state index contributed by atoms with van der Waals surface area (Å²) >= 11 is 1.45. The van der Waals surface area contributed by atoms with Crippen LogP contribution in [0.3, 0.4) is 0 Å². The maximum absolute atomic E-state index is 11.8. The van der Waals surface area contributed by atoms with Gasteiger partial charge in [-0.1, -0.05) is 127 Å². The topological polar surface area (TPSA) is 37.3 Å². The number of hydrogen-bond donors (Lipinski definition) is 1. The molecular weight excluding hydrogens is 436 g/mol. The van der Waals surface area contributed by atoms with Crippen molar-refractivity contribution in [3.05, 3.63) is 144 Å². The molecule has 0 unspecified atom stereocenters. The van der Waals surface area contributed by atoms with Gasteiger partial charge in [-0.2, -0.15) is 0 Å². The van der Waals surface area contributed by atoms with Gasteiger partial charge in [-0.3, -0.25) is 4.79 Å². The van der Waals surface area contributed by atoms with Crippen LogP contribution in [-0.2, 0) is 9.54 Å². The standard InChI is InChI=1S/C31H24O2S/c32-30(33)22-34-31(26-14-5-2-6-15-26,29-17-9-13-25-12-7-8-16-28(25)29)27-20-18-24(19-21-27)23-10-3-1-4-11-23/h1-21H,22H2,(H,32,33)/t31-/m1/s1. The van der Waals surface area contributed by atoms with E-state index >= 15 is 0 Å². The summed E-state index contributed by atoms with van der Waals surface area (Å²) in [6.45, 7) is 0. The maximum Gasteiger partial charge on any atom is 0.313 e. The van der Waals surface area contributed by atoms with Crippen molar-refractivity contribution >= 4 is 28.5 Å². The quantitative estimate of drug-likeness (QED) is 0.254. The van der Waals surface area contributed by atoms with Gasteiger partial charge in [0.05, 0.1) is 10.5 Å². The van der Waals surface area contributed by atoms with E-state index in [1.54, 1.807) is 0 Å². The number of aliphatic carboxylic acids is 1. The lowest BCUT2D eigenvalue weighted by atomic mass is 9.81. The number of carboxylic acids is 1. The lowest BCUT2D eigenvalue weighted by Gasteiger charge is -2.36. The molecule has 0 amide bonds. The Kier molecular flexibility index (Phi) is 6.20. The van der Waals surface area contributed by atoms with Crippen LogP contribution in [0.2, 0.25) is 0 Å². The van der Waals surface area contributed by atoms with Gasteiger partial charge in [-0.25, -0.2) is 0 Å². The summed E-state index contributed by atoms with van der Waals surface area (Å²) < 4.78 is -0.685. The Morgan fingerprint density at radius 3 is 1.88 bits per heavy atom. The molecular formula is C31H24O2S. The van der Waals surface area contributed by atoms with Crippen molar-refractivity contribution in [2.24, 2.45) is 0 Å². The van der Waals surface area contributed by atoms with Gasteiger partial charge < -0.3 is 5.11 Å². The lowest BCUT2D eigenvalue weighted by molar-refractivity contribution is -0.133. The highest BCUT2D eigenvalue weighted by atomic mass is 32.2. The molecule has 2 nitrogen and oxygen atoms in total. The van der Waals surface area contributed by atoms with E-state index in [-0.39, 0.29) is 5.75 Å². The molecule has 5 aromatic rings. The minimum atomic E-state index is -0.827. The van der Waals surface area contributed by atoms with E-state index in [1.807, 2.05) is 48.5 Å². The van der Waals surface area contributed by atoms with Gasteiger partial charge in [0.15, 0.2) is 0 Å². The van der Waals surface area contributed by atoms with Crippen LogP contribution in [0, 0.1) is 0 Å². The third kappa shape index (κ3) is 4.11. The molecule has 166 valence electrons. The highest BCUT2D eigenvalue weighted by Gasteiger charge is 2.38. The summed E-state index contributed by atoms with van der Waals surface area (Å²) in [5, 5.41) is 12.0. The molecule has 1 atom stereocenters. The number of carboxylic acid groups (broad SMARTS) is 1. The molecule has 0 radical (unpaired) electrons.